The van der Waals surface area contributed by atoms with E-state index >= 15 is 0 Å². The average Bonchev–Trinajstić information content (AvgIpc) is 2.36. The first kappa shape index (κ1) is 15.2. The quantitative estimate of drug-likeness (QED) is 0.476. The Labute approximate surface area is 113 Å². The molecule has 0 amide bonds. The molecule has 1 aromatic rings. The van der Waals surface area contributed by atoms with E-state index < -0.39 is 11.9 Å². The highest BCUT2D eigenvalue weighted by Crippen LogP contribution is 2.25. The zero-order chi connectivity index (χ0) is 14.4. The molecule has 0 aliphatic carbocycles. The summed E-state index contributed by atoms with van der Waals surface area (Å²) in [5.74, 6) is -1.14. The summed E-state index contributed by atoms with van der Waals surface area (Å²) in [6, 6.07) is 7.16. The van der Waals surface area contributed by atoms with Crippen LogP contribution in [0.25, 0.3) is 0 Å². The van der Waals surface area contributed by atoms with E-state index in [1.54, 1.807) is 12.1 Å². The van der Waals surface area contributed by atoms with Crippen LogP contribution in [0.5, 0.6) is 5.75 Å². The molecule has 19 heavy (non-hydrogen) atoms. The number of carbonyl (C=O) groups excluding carboxylic acids is 2. The molecule has 1 rings (SSSR count). The maximum atomic E-state index is 11.6. The predicted molar refractivity (Wildman–Crippen MR) is 72.0 cm³/mol. The van der Waals surface area contributed by atoms with Crippen molar-refractivity contribution in [1.29, 1.82) is 0 Å². The van der Waals surface area contributed by atoms with Gasteiger partial charge in [0.05, 0.1) is 6.61 Å². The van der Waals surface area contributed by atoms with Crippen molar-refractivity contribution >= 4 is 11.9 Å². The highest BCUT2D eigenvalue weighted by Gasteiger charge is 2.20. The van der Waals surface area contributed by atoms with E-state index in [2.05, 4.69) is 0 Å². The lowest BCUT2D eigenvalue weighted by Crippen LogP contribution is -2.25. The van der Waals surface area contributed by atoms with Gasteiger partial charge in [-0.2, -0.15) is 0 Å². The van der Waals surface area contributed by atoms with Gasteiger partial charge in [0.25, 0.3) is 0 Å². The van der Waals surface area contributed by atoms with Gasteiger partial charge in [-0.3, -0.25) is 0 Å². The molecule has 0 heterocycles. The molecule has 0 unspecified atom stereocenters. The maximum absolute atomic E-state index is 11.6. The molecule has 0 saturated heterocycles. The van der Waals surface area contributed by atoms with Gasteiger partial charge < -0.3 is 9.47 Å². The van der Waals surface area contributed by atoms with Crippen LogP contribution in [0, 0.1) is 5.92 Å². The summed E-state index contributed by atoms with van der Waals surface area (Å²) in [5.41, 5.74) is 0.882. The van der Waals surface area contributed by atoms with E-state index in [1.165, 1.54) is 0 Å². The lowest BCUT2D eigenvalue weighted by molar-refractivity contribution is -0.162. The first-order valence-electron chi connectivity index (χ1n) is 6.39. The minimum Gasteiger partial charge on any atom is -0.457 e. The number of carbonyl (C=O) groups is 2. The molecule has 0 N–H and O–H groups in total. The second-order valence-corrected chi connectivity index (χ2v) is 5.07. The number of rotatable bonds is 4. The van der Waals surface area contributed by atoms with Crippen molar-refractivity contribution in [3.8, 4) is 5.75 Å². The molecule has 0 spiro atoms. The molecule has 0 bridgehead atoms. The van der Waals surface area contributed by atoms with Crippen molar-refractivity contribution in [2.45, 2.75) is 33.6 Å². The van der Waals surface area contributed by atoms with Crippen LogP contribution in [0.2, 0.25) is 0 Å². The Bertz CT molecular complexity index is 449. The Balaban J connectivity index is 2.69. The summed E-state index contributed by atoms with van der Waals surface area (Å²) < 4.78 is 9.91. The number of benzene rings is 1. The van der Waals surface area contributed by atoms with Crippen LogP contribution in [0.4, 0.5) is 0 Å². The van der Waals surface area contributed by atoms with Gasteiger partial charge in [-0.25, -0.2) is 9.59 Å². The molecular weight excluding hydrogens is 244 g/mol. The van der Waals surface area contributed by atoms with Gasteiger partial charge >= 0.3 is 11.9 Å². The van der Waals surface area contributed by atoms with Gasteiger partial charge in [0.1, 0.15) is 5.75 Å². The first-order chi connectivity index (χ1) is 8.91. The summed E-state index contributed by atoms with van der Waals surface area (Å²) >= 11 is 0. The molecule has 4 heteroatoms. The van der Waals surface area contributed by atoms with E-state index in [4.69, 9.17) is 9.47 Å². The van der Waals surface area contributed by atoms with Gasteiger partial charge in [0.2, 0.25) is 0 Å². The summed E-state index contributed by atoms with van der Waals surface area (Å²) in [6.07, 6.45) is 0. The number of esters is 2. The highest BCUT2D eigenvalue weighted by atomic mass is 16.6. The molecule has 0 fully saturated rings. The molecule has 0 aromatic heterocycles. The number of hydrogen-bond donors (Lipinski definition) is 0. The molecule has 0 aliphatic heterocycles. The van der Waals surface area contributed by atoms with Gasteiger partial charge in [-0.15, -0.1) is 0 Å². The normalized spacial score (nSPS) is 10.6. The van der Waals surface area contributed by atoms with Gasteiger partial charge in [-0.05, 0) is 23.5 Å². The van der Waals surface area contributed by atoms with Crippen LogP contribution in [0.1, 0.15) is 39.2 Å². The first-order valence-corrected chi connectivity index (χ1v) is 6.39. The van der Waals surface area contributed by atoms with E-state index in [9.17, 15) is 9.59 Å². The monoisotopic (exact) mass is 264 g/mol. The molecule has 0 aliphatic rings. The molecule has 0 atom stereocenters. The van der Waals surface area contributed by atoms with Gasteiger partial charge in [0.15, 0.2) is 0 Å². The van der Waals surface area contributed by atoms with Crippen molar-refractivity contribution in [1.82, 2.24) is 0 Å². The van der Waals surface area contributed by atoms with Crippen LogP contribution in [0.15, 0.2) is 24.3 Å². The largest absolute Gasteiger partial charge is 0.457 e. The van der Waals surface area contributed by atoms with E-state index in [0.29, 0.717) is 5.75 Å². The summed E-state index contributed by atoms with van der Waals surface area (Å²) in [4.78, 5) is 23.0. The third-order valence-electron chi connectivity index (χ3n) is 2.46. The molecule has 4 nitrogen and oxygen atoms in total. The van der Waals surface area contributed by atoms with Gasteiger partial charge in [-0.1, -0.05) is 45.9 Å². The van der Waals surface area contributed by atoms with E-state index in [-0.39, 0.29) is 18.4 Å². The minimum absolute atomic E-state index is 0.180. The third-order valence-corrected chi connectivity index (χ3v) is 2.46. The van der Waals surface area contributed by atoms with Crippen molar-refractivity contribution < 1.29 is 19.1 Å². The fraction of sp³-hybridized carbons (Fsp3) is 0.467. The highest BCUT2D eigenvalue weighted by molar-refractivity contribution is 6.30. The molecule has 0 saturated carbocycles. The summed E-state index contributed by atoms with van der Waals surface area (Å²) in [5, 5.41) is 0. The van der Waals surface area contributed by atoms with Crippen LogP contribution in [-0.4, -0.2) is 18.5 Å². The lowest BCUT2D eigenvalue weighted by Gasteiger charge is -2.12. The fourth-order valence-corrected chi connectivity index (χ4v) is 1.49. The van der Waals surface area contributed by atoms with Gasteiger partial charge in [0, 0.05) is 0 Å². The average molecular weight is 264 g/mol. The van der Waals surface area contributed by atoms with E-state index in [0.717, 1.165) is 5.56 Å². The minimum atomic E-state index is -0.978. The smallest absolute Gasteiger partial charge is 0.422 e. The zero-order valence-electron chi connectivity index (χ0n) is 11.8. The molecular formula is C15H20O4. The van der Waals surface area contributed by atoms with Crippen LogP contribution < -0.4 is 4.74 Å². The molecule has 1 aromatic carbocycles. The van der Waals surface area contributed by atoms with Crippen molar-refractivity contribution in [2.24, 2.45) is 5.92 Å². The third kappa shape index (κ3) is 4.73. The standard InChI is InChI=1S/C15H20O4/c1-10(2)9-18-14(16)15(17)19-13-8-6-5-7-12(13)11(3)4/h5-8,10-11H,9H2,1-4H3. The summed E-state index contributed by atoms with van der Waals surface area (Å²) in [7, 11) is 0. The lowest BCUT2D eigenvalue weighted by atomic mass is 10.0. The number of para-hydroxylation sites is 1. The van der Waals surface area contributed by atoms with Crippen molar-refractivity contribution in [3.05, 3.63) is 29.8 Å². The second-order valence-electron chi connectivity index (χ2n) is 5.07. The summed E-state index contributed by atoms with van der Waals surface area (Å²) in [6.45, 7) is 7.98. The predicted octanol–water partition coefficient (Wildman–Crippen LogP) is 2.91. The van der Waals surface area contributed by atoms with Crippen molar-refractivity contribution in [2.75, 3.05) is 6.61 Å². The Morgan fingerprint density at radius 2 is 1.68 bits per heavy atom. The number of ether oxygens (including phenoxy) is 2. The SMILES string of the molecule is CC(C)COC(=O)C(=O)Oc1ccccc1C(C)C. The molecule has 104 valence electrons. The van der Waals surface area contributed by atoms with Crippen molar-refractivity contribution in [3.63, 3.8) is 0 Å². The Hall–Kier alpha value is -1.84. The second kappa shape index (κ2) is 6.92. The fourth-order valence-electron chi connectivity index (χ4n) is 1.49. The Morgan fingerprint density at radius 3 is 2.26 bits per heavy atom. The topological polar surface area (TPSA) is 52.6 Å². The Kier molecular flexibility index (Phi) is 5.55. The zero-order valence-corrected chi connectivity index (χ0v) is 11.8. The van der Waals surface area contributed by atoms with Crippen LogP contribution in [0.3, 0.4) is 0 Å². The Morgan fingerprint density at radius 1 is 1.05 bits per heavy atom. The molecule has 0 radical (unpaired) electrons. The van der Waals surface area contributed by atoms with E-state index in [1.807, 2.05) is 39.8 Å². The van der Waals surface area contributed by atoms with Crippen LogP contribution >= 0.6 is 0 Å². The maximum Gasteiger partial charge on any atom is 0.422 e. The van der Waals surface area contributed by atoms with Crippen LogP contribution in [-0.2, 0) is 14.3 Å². The number of hydrogen-bond acceptors (Lipinski definition) is 4.